The monoisotopic (exact) mass is 337 g/mol. The summed E-state index contributed by atoms with van der Waals surface area (Å²) in [6.45, 7) is 1.61. The van der Waals surface area contributed by atoms with Gasteiger partial charge < -0.3 is 5.11 Å². The second-order valence-corrected chi connectivity index (χ2v) is 6.44. The summed E-state index contributed by atoms with van der Waals surface area (Å²) < 4.78 is 0. The molecule has 0 aliphatic heterocycles. The molecule has 0 aliphatic rings. The van der Waals surface area contributed by atoms with Crippen LogP contribution in [0.25, 0.3) is 0 Å². The van der Waals surface area contributed by atoms with Gasteiger partial charge >= 0.3 is 5.97 Å². The third-order valence-electron chi connectivity index (χ3n) is 3.10. The predicted molar refractivity (Wildman–Crippen MR) is 94.1 cm³/mol. The normalized spacial score (nSPS) is 14.5. The van der Waals surface area contributed by atoms with E-state index < -0.39 is 16.6 Å². The zero-order chi connectivity index (χ0) is 16.0. The van der Waals surface area contributed by atoms with Gasteiger partial charge in [0.15, 0.2) is 0 Å². The summed E-state index contributed by atoms with van der Waals surface area (Å²) in [6.07, 6.45) is 0.492. The highest BCUT2D eigenvalue weighted by Crippen LogP contribution is 2.28. The fourth-order valence-corrected chi connectivity index (χ4v) is 2.79. The standard InChI is InChI=1S/C15H15NO2S3/c1-15(9-16,8-12(20)14(17)18)13(21)11(19)7-10-5-3-2-4-6-10/h2-6,12,20H,7-8H2,1H3,(H,17,18). The highest BCUT2D eigenvalue weighted by molar-refractivity contribution is 7.89. The molecular formula is C15H15NO2S3. The number of hydrogen-bond acceptors (Lipinski definition) is 5. The van der Waals surface area contributed by atoms with Gasteiger partial charge in [-0.1, -0.05) is 54.8 Å². The van der Waals surface area contributed by atoms with E-state index in [-0.39, 0.29) is 6.42 Å². The van der Waals surface area contributed by atoms with Crippen molar-refractivity contribution in [3.05, 3.63) is 35.9 Å². The molecule has 1 aromatic rings. The average Bonchev–Trinajstić information content (AvgIpc) is 2.47. The molecule has 1 rings (SSSR count). The van der Waals surface area contributed by atoms with Crippen LogP contribution >= 0.6 is 37.1 Å². The van der Waals surface area contributed by atoms with Crippen molar-refractivity contribution in [3.63, 3.8) is 0 Å². The number of hydrogen-bond donors (Lipinski definition) is 2. The Balaban J connectivity index is 2.85. The van der Waals surface area contributed by atoms with Crippen LogP contribution in [0.2, 0.25) is 0 Å². The van der Waals surface area contributed by atoms with Gasteiger partial charge in [-0.15, -0.1) is 0 Å². The molecular weight excluding hydrogens is 322 g/mol. The fourth-order valence-electron chi connectivity index (χ4n) is 1.83. The first-order valence-electron chi connectivity index (χ1n) is 6.24. The first-order chi connectivity index (χ1) is 9.80. The number of aliphatic carboxylic acids is 1. The molecule has 0 saturated heterocycles. The molecule has 0 heterocycles. The van der Waals surface area contributed by atoms with Crippen molar-refractivity contribution in [2.45, 2.75) is 25.0 Å². The minimum atomic E-state index is -1.11. The molecule has 0 spiro atoms. The second kappa shape index (κ2) is 7.64. The van der Waals surface area contributed by atoms with E-state index in [1.165, 1.54) is 0 Å². The third-order valence-corrected chi connectivity index (χ3v) is 4.67. The van der Waals surface area contributed by atoms with Gasteiger partial charge in [0, 0.05) is 16.1 Å². The predicted octanol–water partition coefficient (Wildman–Crippen LogP) is 3.27. The summed E-state index contributed by atoms with van der Waals surface area (Å²) in [5.74, 6) is -1.07. The lowest BCUT2D eigenvalue weighted by Crippen LogP contribution is -2.35. The smallest absolute Gasteiger partial charge is 0.316 e. The summed E-state index contributed by atoms with van der Waals surface area (Å²) in [5.41, 5.74) is -0.0998. The molecule has 1 N–H and O–H groups in total. The van der Waals surface area contributed by atoms with E-state index in [2.05, 4.69) is 18.7 Å². The molecule has 0 saturated carbocycles. The summed E-state index contributed by atoms with van der Waals surface area (Å²) in [7, 11) is 0. The SMILES string of the molecule is CC(C#N)(CC(S)C(=O)O)C(=S)C(=S)Cc1ccccc1. The van der Waals surface area contributed by atoms with Crippen LogP contribution < -0.4 is 0 Å². The van der Waals surface area contributed by atoms with Gasteiger partial charge in [0.1, 0.15) is 5.25 Å². The number of carboxylic acid groups (broad SMARTS) is 1. The summed E-state index contributed by atoms with van der Waals surface area (Å²) in [4.78, 5) is 11.7. The van der Waals surface area contributed by atoms with E-state index in [0.29, 0.717) is 16.1 Å². The number of rotatable bonds is 7. The zero-order valence-corrected chi connectivity index (χ0v) is 14.0. The maximum Gasteiger partial charge on any atom is 0.316 e. The largest absolute Gasteiger partial charge is 0.480 e. The van der Waals surface area contributed by atoms with E-state index in [1.807, 2.05) is 30.3 Å². The Labute approximate surface area is 140 Å². The molecule has 0 fully saturated rings. The lowest BCUT2D eigenvalue weighted by Gasteiger charge is -2.24. The molecule has 2 atom stereocenters. The number of nitriles is 1. The third kappa shape index (κ3) is 4.88. The Bertz CT molecular complexity index is 595. The van der Waals surface area contributed by atoms with E-state index in [9.17, 15) is 10.1 Å². The van der Waals surface area contributed by atoms with Crippen LogP contribution in [0.1, 0.15) is 18.9 Å². The van der Waals surface area contributed by atoms with Crippen molar-refractivity contribution in [2.24, 2.45) is 5.41 Å². The maximum absolute atomic E-state index is 10.9. The first kappa shape index (κ1) is 17.8. The van der Waals surface area contributed by atoms with Gasteiger partial charge in [-0.25, -0.2) is 0 Å². The highest BCUT2D eigenvalue weighted by Gasteiger charge is 2.35. The molecule has 0 radical (unpaired) electrons. The summed E-state index contributed by atoms with van der Waals surface area (Å²) in [5, 5.41) is 17.4. The average molecular weight is 337 g/mol. The Hall–Kier alpha value is -1.29. The van der Waals surface area contributed by atoms with Crippen LogP contribution in [-0.2, 0) is 11.2 Å². The minimum absolute atomic E-state index is 0.0235. The van der Waals surface area contributed by atoms with Crippen LogP contribution in [0.15, 0.2) is 30.3 Å². The van der Waals surface area contributed by atoms with Gasteiger partial charge in [0.05, 0.1) is 11.5 Å². The van der Waals surface area contributed by atoms with Gasteiger partial charge in [-0.2, -0.15) is 17.9 Å². The molecule has 110 valence electrons. The van der Waals surface area contributed by atoms with Crippen molar-refractivity contribution in [1.29, 1.82) is 5.26 Å². The molecule has 21 heavy (non-hydrogen) atoms. The van der Waals surface area contributed by atoms with Crippen LogP contribution in [0.3, 0.4) is 0 Å². The molecule has 0 amide bonds. The van der Waals surface area contributed by atoms with Crippen molar-refractivity contribution >= 4 is 52.8 Å². The molecule has 2 unspecified atom stereocenters. The van der Waals surface area contributed by atoms with Crippen LogP contribution in [0.5, 0.6) is 0 Å². The maximum atomic E-state index is 10.9. The van der Waals surface area contributed by atoms with Gasteiger partial charge in [-0.3, -0.25) is 4.79 Å². The van der Waals surface area contributed by atoms with E-state index in [1.54, 1.807) is 6.92 Å². The van der Waals surface area contributed by atoms with Crippen LogP contribution in [-0.4, -0.2) is 26.1 Å². The number of thiocarbonyl (C=S) groups is 2. The molecule has 6 heteroatoms. The highest BCUT2D eigenvalue weighted by atomic mass is 32.1. The second-order valence-electron chi connectivity index (χ2n) is 4.92. The minimum Gasteiger partial charge on any atom is -0.480 e. The molecule has 0 bridgehead atoms. The quantitative estimate of drug-likeness (QED) is 0.591. The van der Waals surface area contributed by atoms with E-state index in [0.717, 1.165) is 5.56 Å². The first-order valence-corrected chi connectivity index (χ1v) is 7.57. The van der Waals surface area contributed by atoms with Gasteiger partial charge in [-0.05, 0) is 18.9 Å². The Morgan fingerprint density at radius 1 is 1.43 bits per heavy atom. The lowest BCUT2D eigenvalue weighted by atomic mass is 9.81. The summed E-state index contributed by atoms with van der Waals surface area (Å²) >= 11 is 14.6. The van der Waals surface area contributed by atoms with Gasteiger partial charge in [0.25, 0.3) is 0 Å². The molecule has 3 nitrogen and oxygen atoms in total. The number of carbonyl (C=O) groups is 1. The summed E-state index contributed by atoms with van der Waals surface area (Å²) in [6, 6.07) is 11.7. The van der Waals surface area contributed by atoms with Crippen molar-refractivity contribution in [2.75, 3.05) is 0 Å². The van der Waals surface area contributed by atoms with Crippen molar-refractivity contribution < 1.29 is 9.90 Å². The van der Waals surface area contributed by atoms with E-state index in [4.69, 9.17) is 29.5 Å². The molecule has 1 aromatic carbocycles. The Morgan fingerprint density at radius 3 is 2.48 bits per heavy atom. The zero-order valence-electron chi connectivity index (χ0n) is 11.4. The number of benzene rings is 1. The Kier molecular flexibility index (Phi) is 6.46. The molecule has 0 aliphatic carbocycles. The van der Waals surface area contributed by atoms with Crippen molar-refractivity contribution in [1.82, 2.24) is 0 Å². The lowest BCUT2D eigenvalue weighted by molar-refractivity contribution is -0.136. The number of carboxylic acids is 1. The molecule has 0 aromatic heterocycles. The topological polar surface area (TPSA) is 61.1 Å². The van der Waals surface area contributed by atoms with E-state index >= 15 is 0 Å². The number of thiol groups is 1. The van der Waals surface area contributed by atoms with Gasteiger partial charge in [0.2, 0.25) is 0 Å². The Morgan fingerprint density at radius 2 is 2.00 bits per heavy atom. The van der Waals surface area contributed by atoms with Crippen LogP contribution in [0, 0.1) is 16.7 Å². The van der Waals surface area contributed by atoms with Crippen LogP contribution in [0.4, 0.5) is 0 Å². The van der Waals surface area contributed by atoms with Crippen molar-refractivity contribution in [3.8, 4) is 6.07 Å². The number of nitrogens with zero attached hydrogens (tertiary/aromatic N) is 1. The fraction of sp³-hybridized carbons (Fsp3) is 0.333.